The van der Waals surface area contributed by atoms with Gasteiger partial charge < -0.3 is 0 Å². The van der Waals surface area contributed by atoms with Crippen molar-refractivity contribution in [1.82, 2.24) is 29.6 Å². The van der Waals surface area contributed by atoms with Crippen molar-refractivity contribution in [2.24, 2.45) is 17.8 Å². The van der Waals surface area contributed by atoms with Gasteiger partial charge in [-0.15, -0.1) is 0 Å². The zero-order chi connectivity index (χ0) is 27.3. The molecule has 4 fully saturated rings. The smallest absolute Gasteiger partial charge is 0.296 e. The number of hydrogen-bond acceptors (Lipinski definition) is 5. The lowest BCUT2D eigenvalue weighted by Gasteiger charge is -2.46. The fourth-order valence-electron chi connectivity index (χ4n) is 7.87. The zero-order valence-electron chi connectivity index (χ0n) is 23.2. The van der Waals surface area contributed by atoms with Crippen molar-refractivity contribution in [2.75, 3.05) is 20.3 Å². The fraction of sp³-hybridized carbons (Fsp3) is 0.759. The third-order valence-electron chi connectivity index (χ3n) is 10.2. The van der Waals surface area contributed by atoms with Crippen LogP contribution in [-0.4, -0.2) is 51.2 Å². The molecule has 2 saturated heterocycles. The van der Waals surface area contributed by atoms with Crippen molar-refractivity contribution in [2.45, 2.75) is 102 Å². The third-order valence-corrected chi connectivity index (χ3v) is 10.2. The Morgan fingerprint density at radius 3 is 2.46 bits per heavy atom. The lowest BCUT2D eigenvalue weighted by atomic mass is 9.65. The molecule has 0 radical (unpaired) electrons. The van der Waals surface area contributed by atoms with Gasteiger partial charge >= 0.3 is 11.9 Å². The van der Waals surface area contributed by atoms with Crippen LogP contribution in [0.2, 0.25) is 0 Å². The summed E-state index contributed by atoms with van der Waals surface area (Å²) in [6.45, 7) is 4.24. The van der Waals surface area contributed by atoms with Crippen molar-refractivity contribution < 1.29 is 13.2 Å². The number of rotatable bonds is 6. The molecule has 7 nitrogen and oxygen atoms in total. The average molecular weight is 549 g/mol. The van der Waals surface area contributed by atoms with Crippen molar-refractivity contribution >= 4 is 5.52 Å². The highest BCUT2D eigenvalue weighted by Crippen LogP contribution is 2.47. The topological polar surface area (TPSA) is 57.0 Å². The van der Waals surface area contributed by atoms with Crippen LogP contribution in [0.3, 0.4) is 0 Å². The van der Waals surface area contributed by atoms with Gasteiger partial charge in [0, 0.05) is 31.0 Å². The van der Waals surface area contributed by atoms with Gasteiger partial charge in [0.05, 0.1) is 23.9 Å². The molecular weight excluding hydrogens is 505 g/mol. The van der Waals surface area contributed by atoms with E-state index < -0.39 is 11.7 Å². The van der Waals surface area contributed by atoms with Crippen LogP contribution in [0.5, 0.6) is 0 Å². The monoisotopic (exact) mass is 548 g/mol. The summed E-state index contributed by atoms with van der Waals surface area (Å²) in [6.07, 6.45) is 9.65. The molecule has 0 spiro atoms. The van der Waals surface area contributed by atoms with Crippen molar-refractivity contribution in [3.8, 4) is 0 Å². The van der Waals surface area contributed by atoms with E-state index in [0.717, 1.165) is 58.2 Å². The summed E-state index contributed by atoms with van der Waals surface area (Å²) in [6, 6.07) is 1.52. The minimum Gasteiger partial charge on any atom is -0.296 e. The molecule has 0 bridgehead atoms. The molecule has 5 atom stereocenters. The van der Waals surface area contributed by atoms with E-state index in [0.29, 0.717) is 35.9 Å². The summed E-state index contributed by atoms with van der Waals surface area (Å²) < 4.78 is 45.8. The van der Waals surface area contributed by atoms with Gasteiger partial charge in [-0.2, -0.15) is 13.2 Å². The van der Waals surface area contributed by atoms with Crippen LogP contribution in [0.25, 0.3) is 5.52 Å². The minimum absolute atomic E-state index is 0.0259. The number of piperidine rings is 1. The molecule has 10 heteroatoms. The van der Waals surface area contributed by atoms with Gasteiger partial charge in [-0.25, -0.2) is 15.6 Å². The normalized spacial score (nSPS) is 30.6. The predicted molar refractivity (Wildman–Crippen MR) is 145 cm³/mol. The van der Waals surface area contributed by atoms with E-state index in [1.54, 1.807) is 10.8 Å². The number of nitrogens with zero attached hydrogens (tertiary/aromatic N) is 4. The van der Waals surface area contributed by atoms with Gasteiger partial charge in [-0.05, 0) is 82.0 Å². The van der Waals surface area contributed by atoms with Crippen LogP contribution < -0.4 is 16.5 Å². The first-order chi connectivity index (χ1) is 18.7. The number of aromatic nitrogens is 2. The molecule has 0 amide bonds. The van der Waals surface area contributed by atoms with Gasteiger partial charge in [0.15, 0.2) is 0 Å². The Bertz CT molecular complexity index is 1220. The van der Waals surface area contributed by atoms with E-state index in [-0.39, 0.29) is 23.4 Å². The molecule has 2 aromatic rings. The minimum atomic E-state index is -4.52. The SMILES string of the molecule is C[C@@H]1CCCCN1Cc1cc(C(F)(F)F)c2cn(C3CCCC([C@H](C4CCC4)C4NNCN4C)C3)c(=O)n2c1. The molecule has 2 aliphatic heterocycles. The van der Waals surface area contributed by atoms with Gasteiger partial charge in [0.25, 0.3) is 0 Å². The fourth-order valence-corrected chi connectivity index (χ4v) is 7.87. The second-order valence-corrected chi connectivity index (χ2v) is 12.7. The molecule has 216 valence electrons. The molecule has 2 aromatic heterocycles. The summed E-state index contributed by atoms with van der Waals surface area (Å²) >= 11 is 0. The molecule has 0 aromatic carbocycles. The zero-order valence-corrected chi connectivity index (χ0v) is 23.2. The Balaban J connectivity index is 1.31. The number of fused-ring (bicyclic) bond motifs is 1. The molecule has 39 heavy (non-hydrogen) atoms. The van der Waals surface area contributed by atoms with Gasteiger partial charge in [-0.3, -0.25) is 18.8 Å². The number of nitrogens with one attached hydrogen (secondary N) is 2. The number of imidazole rings is 1. The molecule has 2 saturated carbocycles. The van der Waals surface area contributed by atoms with E-state index in [2.05, 4.69) is 34.6 Å². The van der Waals surface area contributed by atoms with E-state index >= 15 is 0 Å². The first-order valence-corrected chi connectivity index (χ1v) is 15.0. The molecule has 6 rings (SSSR count). The van der Waals surface area contributed by atoms with Gasteiger partial charge in [-0.1, -0.05) is 32.1 Å². The predicted octanol–water partition coefficient (Wildman–Crippen LogP) is 4.97. The first kappa shape index (κ1) is 27.3. The third kappa shape index (κ3) is 5.29. The summed E-state index contributed by atoms with van der Waals surface area (Å²) in [5.74, 6) is 1.57. The lowest BCUT2D eigenvalue weighted by Crippen LogP contribution is -2.50. The summed E-state index contributed by atoms with van der Waals surface area (Å²) in [4.78, 5) is 18.3. The Kier molecular flexibility index (Phi) is 7.58. The number of alkyl halides is 3. The van der Waals surface area contributed by atoms with Crippen molar-refractivity contribution in [3.05, 3.63) is 40.1 Å². The van der Waals surface area contributed by atoms with Gasteiger partial charge in [0.1, 0.15) is 0 Å². The molecule has 4 heterocycles. The quantitative estimate of drug-likeness (QED) is 0.534. The molecule has 4 aliphatic rings. The largest absolute Gasteiger partial charge is 0.418 e. The summed E-state index contributed by atoms with van der Waals surface area (Å²) in [7, 11) is 2.13. The van der Waals surface area contributed by atoms with E-state index in [4.69, 9.17) is 0 Å². The van der Waals surface area contributed by atoms with Gasteiger partial charge in [0.2, 0.25) is 0 Å². The van der Waals surface area contributed by atoms with Crippen LogP contribution in [0.1, 0.15) is 88.3 Å². The van der Waals surface area contributed by atoms with Crippen LogP contribution in [0.15, 0.2) is 23.3 Å². The van der Waals surface area contributed by atoms with Crippen molar-refractivity contribution in [1.29, 1.82) is 0 Å². The highest BCUT2D eigenvalue weighted by molar-refractivity contribution is 5.56. The first-order valence-electron chi connectivity index (χ1n) is 15.0. The number of hydrazine groups is 1. The second kappa shape index (κ2) is 10.8. The van der Waals surface area contributed by atoms with Crippen LogP contribution in [0, 0.1) is 17.8 Å². The number of halogens is 3. The number of hydrogen-bond donors (Lipinski definition) is 2. The van der Waals surface area contributed by atoms with Crippen molar-refractivity contribution in [3.63, 3.8) is 0 Å². The average Bonchev–Trinajstić information content (AvgIpc) is 3.44. The Hall–Kier alpha value is -1.88. The maximum atomic E-state index is 14.3. The Labute approximate surface area is 228 Å². The lowest BCUT2D eigenvalue weighted by molar-refractivity contribution is -0.136. The van der Waals surface area contributed by atoms with E-state index in [1.165, 1.54) is 35.9 Å². The standard InChI is InChI=1S/C29H43F3N6O/c1-19-7-3-4-12-36(19)15-20-13-24(29(30,31)32)25-17-37(28(39)38(25)16-20)23-11-6-10-22(14-23)26(21-8-5-9-21)27-34-33-18-35(27)2/h13,16-17,19,21-23,26-27,33-34H,3-12,14-15,18H2,1-2H3/t19-,22?,23?,26+,27?/m1/s1. The summed E-state index contributed by atoms with van der Waals surface area (Å²) in [5, 5.41) is 0. The van der Waals surface area contributed by atoms with Crippen LogP contribution >= 0.6 is 0 Å². The van der Waals surface area contributed by atoms with E-state index in [1.807, 2.05) is 0 Å². The highest BCUT2D eigenvalue weighted by Gasteiger charge is 2.44. The Morgan fingerprint density at radius 2 is 1.79 bits per heavy atom. The maximum Gasteiger partial charge on any atom is 0.418 e. The Morgan fingerprint density at radius 1 is 1.03 bits per heavy atom. The van der Waals surface area contributed by atoms with Crippen LogP contribution in [-0.2, 0) is 12.7 Å². The summed E-state index contributed by atoms with van der Waals surface area (Å²) in [5.41, 5.74) is 6.24. The number of likely N-dealkylation sites (tertiary alicyclic amines) is 1. The van der Waals surface area contributed by atoms with E-state index in [9.17, 15) is 18.0 Å². The molecule has 2 N–H and O–H groups in total. The maximum absolute atomic E-state index is 14.3. The van der Waals surface area contributed by atoms with Crippen LogP contribution in [0.4, 0.5) is 13.2 Å². The molecular formula is C29H43F3N6O. The number of pyridine rings is 1. The highest BCUT2D eigenvalue weighted by atomic mass is 19.4. The second-order valence-electron chi connectivity index (χ2n) is 12.7. The molecule has 3 unspecified atom stereocenters. The molecule has 2 aliphatic carbocycles.